The molecule has 0 saturated carbocycles. The van der Waals surface area contributed by atoms with Crippen LogP contribution >= 0.6 is 0 Å². The lowest BCUT2D eigenvalue weighted by atomic mass is 10.1. The Bertz CT molecular complexity index is 3010. The van der Waals surface area contributed by atoms with E-state index < -0.39 is 58.7 Å². The first-order chi connectivity index (χ1) is 31.8. The van der Waals surface area contributed by atoms with Crippen LogP contribution in [-0.2, 0) is 20.0 Å². The van der Waals surface area contributed by atoms with Crippen LogP contribution in [0, 0.1) is 10.1 Å². The van der Waals surface area contributed by atoms with Gasteiger partial charge < -0.3 is 35.3 Å². The standard InChI is InChI=1S/C24H25N3O7S.C24H27N3O5S.CH4/c1-24(2,3)25-23(28)26-35(31,32)22-15-18(27(29)30)10-13-21(22)34-20-7-5-6-17(14-20)16-8-11-19(33-4)12-9-16;1-24(2,3)26-23(28)27-33(29,30)22-15-18(25)10-13-21(22)32-20-7-5-6-17(14-20)16-8-11-19(31-4)12-9-16;/h5-15H,1-4H3,(H2,25,26,28);5-15H,25H2,1-4H3,(H2,26,27,28);1H4. The summed E-state index contributed by atoms with van der Waals surface area (Å²) >= 11 is 0. The molecule has 0 radical (unpaired) electrons. The van der Waals surface area contributed by atoms with E-state index in [-0.39, 0.29) is 29.5 Å². The molecule has 0 fully saturated rings. The van der Waals surface area contributed by atoms with Gasteiger partial charge in [-0.1, -0.05) is 56.0 Å². The molecule has 4 amide bonds. The van der Waals surface area contributed by atoms with Crippen LogP contribution in [0.2, 0.25) is 0 Å². The summed E-state index contributed by atoms with van der Waals surface area (Å²) in [5.74, 6) is 2.01. The number of carbonyl (C=O) groups excluding carboxylic acids is 2. The van der Waals surface area contributed by atoms with E-state index in [9.17, 15) is 36.5 Å². The summed E-state index contributed by atoms with van der Waals surface area (Å²) in [4.78, 5) is 34.1. The monoisotopic (exact) mass is 984 g/mol. The number of sulfonamides is 2. The number of nitrogen functional groups attached to an aromatic ring is 1. The molecule has 0 atom stereocenters. The van der Waals surface area contributed by atoms with Gasteiger partial charge in [-0.3, -0.25) is 10.1 Å². The molecule has 0 saturated heterocycles. The van der Waals surface area contributed by atoms with Crippen LogP contribution in [0.25, 0.3) is 22.3 Å². The largest absolute Gasteiger partial charge is 0.497 e. The van der Waals surface area contributed by atoms with Gasteiger partial charge in [-0.25, -0.2) is 35.9 Å². The molecular weight excluding hydrogens is 929 g/mol. The quantitative estimate of drug-likeness (QED) is 0.0411. The minimum atomic E-state index is -4.51. The van der Waals surface area contributed by atoms with Crippen LogP contribution in [0.5, 0.6) is 34.5 Å². The maximum atomic E-state index is 13.0. The summed E-state index contributed by atoms with van der Waals surface area (Å²) < 4.78 is 77.8. The van der Waals surface area contributed by atoms with E-state index in [1.165, 1.54) is 24.3 Å². The van der Waals surface area contributed by atoms with Crippen LogP contribution in [0.4, 0.5) is 21.0 Å². The molecule has 0 bridgehead atoms. The summed E-state index contributed by atoms with van der Waals surface area (Å²) in [6.07, 6.45) is 0. The van der Waals surface area contributed by atoms with Crippen molar-refractivity contribution in [2.24, 2.45) is 0 Å². The number of nitrogens with two attached hydrogens (primary N) is 1. The van der Waals surface area contributed by atoms with Crippen molar-refractivity contribution in [1.29, 1.82) is 0 Å². The van der Waals surface area contributed by atoms with Gasteiger partial charge in [0.2, 0.25) is 0 Å². The smallest absolute Gasteiger partial charge is 0.329 e. The zero-order valence-corrected chi connectivity index (χ0v) is 40.1. The molecule has 366 valence electrons. The molecule has 0 aliphatic rings. The number of carbonyl (C=O) groups is 2. The number of ether oxygens (including phenoxy) is 4. The number of non-ortho nitro benzene ring substituents is 1. The lowest BCUT2D eigenvalue weighted by Gasteiger charge is -2.21. The fourth-order valence-electron chi connectivity index (χ4n) is 6.11. The molecule has 6 aromatic rings. The summed E-state index contributed by atoms with van der Waals surface area (Å²) in [6.45, 7) is 10.3. The van der Waals surface area contributed by atoms with E-state index in [0.29, 0.717) is 17.2 Å². The molecule has 0 aliphatic heterocycles. The van der Waals surface area contributed by atoms with Gasteiger partial charge in [-0.2, -0.15) is 0 Å². The Morgan fingerprint density at radius 3 is 1.30 bits per heavy atom. The number of methoxy groups -OCH3 is 2. The Balaban J connectivity index is 0.000000297. The Morgan fingerprint density at radius 1 is 0.536 bits per heavy atom. The predicted octanol–water partition coefficient (Wildman–Crippen LogP) is 10.0. The van der Waals surface area contributed by atoms with Crippen LogP contribution < -0.4 is 44.8 Å². The Hall–Kier alpha value is -7.84. The van der Waals surface area contributed by atoms with Gasteiger partial charge >= 0.3 is 12.1 Å². The molecular formula is C49H56N6O12S2. The number of nitrogens with zero attached hydrogens (tertiary/aromatic N) is 1. The number of nitro benzene ring substituents is 1. The number of rotatable bonds is 13. The average Bonchev–Trinajstić information content (AvgIpc) is 3.25. The number of hydrogen-bond acceptors (Lipinski definition) is 13. The van der Waals surface area contributed by atoms with Gasteiger partial charge in [-0.15, -0.1) is 0 Å². The summed E-state index contributed by atoms with van der Waals surface area (Å²) in [6, 6.07) is 34.5. The molecule has 18 nitrogen and oxygen atoms in total. The first-order valence-corrected chi connectivity index (χ1v) is 23.5. The minimum Gasteiger partial charge on any atom is -0.497 e. The molecule has 20 heteroatoms. The van der Waals surface area contributed by atoms with E-state index in [0.717, 1.165) is 40.1 Å². The van der Waals surface area contributed by atoms with Crippen LogP contribution in [0.3, 0.4) is 0 Å². The number of nitrogens with one attached hydrogen (secondary N) is 4. The van der Waals surface area contributed by atoms with Crippen molar-refractivity contribution >= 4 is 43.5 Å². The van der Waals surface area contributed by atoms with Crippen molar-refractivity contribution in [3.8, 4) is 56.8 Å². The van der Waals surface area contributed by atoms with Crippen molar-refractivity contribution in [3.05, 3.63) is 144 Å². The van der Waals surface area contributed by atoms with Crippen molar-refractivity contribution in [3.63, 3.8) is 0 Å². The van der Waals surface area contributed by atoms with E-state index in [1.807, 2.05) is 58.0 Å². The third-order valence-corrected chi connectivity index (χ3v) is 11.8. The maximum Gasteiger partial charge on any atom is 0.329 e. The van der Waals surface area contributed by atoms with Crippen molar-refractivity contribution < 1.29 is 50.3 Å². The number of amides is 4. The molecule has 0 heterocycles. The van der Waals surface area contributed by atoms with Gasteiger partial charge in [0.25, 0.3) is 25.7 Å². The van der Waals surface area contributed by atoms with Crippen molar-refractivity contribution in [1.82, 2.24) is 20.1 Å². The molecule has 69 heavy (non-hydrogen) atoms. The molecule has 0 spiro atoms. The van der Waals surface area contributed by atoms with Gasteiger partial charge in [0.15, 0.2) is 0 Å². The first kappa shape index (κ1) is 53.8. The number of anilines is 1. The fraction of sp³-hybridized carbons (Fsp3) is 0.224. The molecule has 0 aromatic heterocycles. The lowest BCUT2D eigenvalue weighted by Crippen LogP contribution is -2.48. The zero-order chi connectivity index (χ0) is 50.0. The predicted molar refractivity (Wildman–Crippen MR) is 265 cm³/mol. The van der Waals surface area contributed by atoms with Gasteiger partial charge in [0.05, 0.1) is 19.1 Å². The Morgan fingerprint density at radius 2 is 0.928 bits per heavy atom. The Kier molecular flexibility index (Phi) is 17.4. The highest BCUT2D eigenvalue weighted by Gasteiger charge is 2.28. The summed E-state index contributed by atoms with van der Waals surface area (Å²) in [5.41, 5.74) is 7.71. The van der Waals surface area contributed by atoms with E-state index in [2.05, 4.69) is 10.6 Å². The maximum absolute atomic E-state index is 13.0. The number of hydrogen-bond donors (Lipinski definition) is 5. The van der Waals surface area contributed by atoms with E-state index in [4.69, 9.17) is 24.7 Å². The van der Waals surface area contributed by atoms with Gasteiger partial charge in [0, 0.05) is 28.9 Å². The Labute approximate surface area is 402 Å². The number of nitro groups is 1. The third kappa shape index (κ3) is 15.6. The van der Waals surface area contributed by atoms with Crippen molar-refractivity contribution in [2.75, 3.05) is 20.0 Å². The van der Waals surface area contributed by atoms with Gasteiger partial charge in [0.1, 0.15) is 44.3 Å². The number of benzene rings is 6. The molecule has 6 aromatic carbocycles. The number of urea groups is 2. The first-order valence-electron chi connectivity index (χ1n) is 20.6. The van der Waals surface area contributed by atoms with Crippen LogP contribution in [0.1, 0.15) is 49.0 Å². The highest BCUT2D eigenvalue weighted by Crippen LogP contribution is 2.35. The topological polar surface area (TPSA) is 257 Å². The second kappa shape index (κ2) is 22.3. The summed E-state index contributed by atoms with van der Waals surface area (Å²) in [5, 5.41) is 16.3. The van der Waals surface area contributed by atoms with Crippen LogP contribution in [-0.4, -0.2) is 59.1 Å². The highest BCUT2D eigenvalue weighted by molar-refractivity contribution is 7.90. The van der Waals surface area contributed by atoms with Gasteiger partial charge in [-0.05, 0) is 137 Å². The lowest BCUT2D eigenvalue weighted by molar-refractivity contribution is -0.385. The summed E-state index contributed by atoms with van der Waals surface area (Å²) in [7, 11) is -5.60. The molecule has 0 aliphatic carbocycles. The van der Waals surface area contributed by atoms with Crippen LogP contribution in [0.15, 0.2) is 143 Å². The zero-order valence-electron chi connectivity index (χ0n) is 38.4. The second-order valence-electron chi connectivity index (χ2n) is 16.9. The molecule has 6 N–H and O–H groups in total. The van der Waals surface area contributed by atoms with E-state index >= 15 is 0 Å². The molecule has 6 rings (SSSR count). The SMILES string of the molecule is C.COc1ccc(-c2cccc(Oc3ccc(N)cc3S(=O)(=O)NC(=O)NC(C)(C)C)c2)cc1.COc1ccc(-c2cccc(Oc3ccc([N+](=O)[O-])cc3S(=O)(=O)NC(=O)NC(C)(C)C)c2)cc1. The highest BCUT2D eigenvalue weighted by atomic mass is 32.2. The van der Waals surface area contributed by atoms with E-state index in [1.54, 1.807) is 104 Å². The third-order valence-electron chi connectivity index (χ3n) is 9.09. The molecule has 0 unspecified atom stereocenters. The van der Waals surface area contributed by atoms with Crippen molar-refractivity contribution in [2.45, 2.75) is 69.8 Å². The minimum absolute atomic E-state index is 0. The fourth-order valence-corrected chi connectivity index (χ4v) is 8.24. The average molecular weight is 985 g/mol. The normalized spacial score (nSPS) is 11.3. The second-order valence-corrected chi connectivity index (χ2v) is 20.2.